The Bertz CT molecular complexity index is 1020. The lowest BCUT2D eigenvalue weighted by Crippen LogP contribution is -2.50. The van der Waals surface area contributed by atoms with E-state index in [2.05, 4.69) is 25.2 Å². The molecule has 1 aliphatic heterocycles. The molecule has 8 heteroatoms. The van der Waals surface area contributed by atoms with Gasteiger partial charge in [0.1, 0.15) is 24.3 Å². The number of carbonyl (C=O) groups is 1. The summed E-state index contributed by atoms with van der Waals surface area (Å²) in [6.07, 6.45) is 3.36. The third-order valence-electron chi connectivity index (χ3n) is 5.30. The maximum Gasteiger partial charge on any atom is 0.321 e. The Morgan fingerprint density at radius 1 is 0.966 bits per heavy atom. The van der Waals surface area contributed by atoms with E-state index in [1.807, 2.05) is 60.6 Å². The van der Waals surface area contributed by atoms with Gasteiger partial charge in [0.25, 0.3) is 0 Å². The van der Waals surface area contributed by atoms with Crippen molar-refractivity contribution in [2.75, 3.05) is 36.4 Å². The number of hydrogen-bond acceptors (Lipinski definition) is 5. The summed E-state index contributed by atoms with van der Waals surface area (Å²) in [5.41, 5.74) is 3.99. The van der Waals surface area contributed by atoms with Gasteiger partial charge in [-0.05, 0) is 38.5 Å². The van der Waals surface area contributed by atoms with Gasteiger partial charge >= 0.3 is 6.03 Å². The van der Waals surface area contributed by atoms with Crippen molar-refractivity contribution in [2.24, 2.45) is 0 Å². The van der Waals surface area contributed by atoms with Gasteiger partial charge in [0.05, 0.1) is 5.69 Å². The van der Waals surface area contributed by atoms with Gasteiger partial charge in [0.2, 0.25) is 0 Å². The third-order valence-corrected chi connectivity index (χ3v) is 5.30. The van der Waals surface area contributed by atoms with E-state index in [0.29, 0.717) is 13.1 Å². The predicted octanol–water partition coefficient (Wildman–Crippen LogP) is 2.94. The minimum absolute atomic E-state index is 0.0665. The molecular weight excluding hydrogens is 366 g/mol. The minimum Gasteiger partial charge on any atom is -0.353 e. The largest absolute Gasteiger partial charge is 0.353 e. The Kier molecular flexibility index (Phi) is 5.16. The molecule has 3 heterocycles. The fourth-order valence-corrected chi connectivity index (χ4v) is 3.44. The van der Waals surface area contributed by atoms with Gasteiger partial charge in [-0.1, -0.05) is 12.1 Å². The van der Waals surface area contributed by atoms with E-state index in [1.54, 1.807) is 12.7 Å². The summed E-state index contributed by atoms with van der Waals surface area (Å²) in [7, 11) is 0. The number of anilines is 2. The molecule has 1 N–H and O–H groups in total. The van der Waals surface area contributed by atoms with Crippen molar-refractivity contribution in [3.05, 3.63) is 59.9 Å². The zero-order valence-corrected chi connectivity index (χ0v) is 17.0. The average Bonchev–Trinajstić information content (AvgIpc) is 3.07. The molecule has 0 radical (unpaired) electrons. The Morgan fingerprint density at radius 3 is 2.41 bits per heavy atom. The fraction of sp³-hybridized carbons (Fsp3) is 0.333. The molecule has 0 aliphatic carbocycles. The highest BCUT2D eigenvalue weighted by molar-refractivity contribution is 5.89. The molecule has 150 valence electrons. The summed E-state index contributed by atoms with van der Waals surface area (Å²) < 4.78 is 1.96. The van der Waals surface area contributed by atoms with Gasteiger partial charge in [-0.2, -0.15) is 0 Å². The van der Waals surface area contributed by atoms with E-state index < -0.39 is 0 Å². The second-order valence-corrected chi connectivity index (χ2v) is 7.29. The van der Waals surface area contributed by atoms with Crippen molar-refractivity contribution in [3.63, 3.8) is 0 Å². The molecule has 3 aromatic rings. The van der Waals surface area contributed by atoms with Crippen molar-refractivity contribution >= 4 is 17.5 Å². The van der Waals surface area contributed by atoms with E-state index in [1.165, 1.54) is 0 Å². The van der Waals surface area contributed by atoms with Crippen LogP contribution in [0.5, 0.6) is 0 Å². The van der Waals surface area contributed by atoms with Crippen LogP contribution in [0.25, 0.3) is 5.82 Å². The molecule has 0 atom stereocenters. The zero-order chi connectivity index (χ0) is 20.4. The summed E-state index contributed by atoms with van der Waals surface area (Å²) in [5, 5.41) is 2.98. The van der Waals surface area contributed by atoms with Crippen molar-refractivity contribution < 1.29 is 4.79 Å². The molecule has 0 spiro atoms. The number of aryl methyl sites for hydroxylation is 2. The summed E-state index contributed by atoms with van der Waals surface area (Å²) in [6.45, 7) is 8.74. The highest BCUT2D eigenvalue weighted by Crippen LogP contribution is 2.19. The normalized spacial score (nSPS) is 14.2. The fourth-order valence-electron chi connectivity index (χ4n) is 3.44. The molecule has 1 aromatic carbocycles. The molecule has 2 amide bonds. The Balaban J connectivity index is 1.40. The SMILES string of the molecule is Cc1cccc(NC(=O)N2CCN(c3cc(-n4cnc(C)c4C)ncn3)CC2)c1. The summed E-state index contributed by atoms with van der Waals surface area (Å²) in [4.78, 5) is 29.7. The van der Waals surface area contributed by atoms with Gasteiger partial charge in [0, 0.05) is 43.6 Å². The first-order chi connectivity index (χ1) is 14.0. The Labute approximate surface area is 170 Å². The maximum atomic E-state index is 12.6. The first kappa shape index (κ1) is 18.9. The zero-order valence-electron chi connectivity index (χ0n) is 17.0. The number of nitrogens with zero attached hydrogens (tertiary/aromatic N) is 6. The molecule has 0 bridgehead atoms. The van der Waals surface area contributed by atoms with E-state index in [9.17, 15) is 4.79 Å². The van der Waals surface area contributed by atoms with E-state index in [0.717, 1.165) is 47.4 Å². The van der Waals surface area contributed by atoms with Gasteiger partial charge in [-0.3, -0.25) is 4.57 Å². The van der Waals surface area contributed by atoms with Gasteiger partial charge in [-0.25, -0.2) is 19.7 Å². The number of piperazine rings is 1. The van der Waals surface area contributed by atoms with Crippen molar-refractivity contribution in [1.82, 2.24) is 24.4 Å². The number of amides is 2. The summed E-state index contributed by atoms with van der Waals surface area (Å²) in [5.74, 6) is 1.66. The van der Waals surface area contributed by atoms with Gasteiger partial charge in [-0.15, -0.1) is 0 Å². The highest BCUT2D eigenvalue weighted by atomic mass is 16.2. The van der Waals surface area contributed by atoms with Crippen LogP contribution in [-0.4, -0.2) is 56.6 Å². The number of hydrogen-bond donors (Lipinski definition) is 1. The molecule has 0 unspecified atom stereocenters. The van der Waals surface area contributed by atoms with Crippen LogP contribution in [0, 0.1) is 20.8 Å². The number of carbonyl (C=O) groups excluding carboxylic acids is 1. The van der Waals surface area contributed by atoms with E-state index in [4.69, 9.17) is 0 Å². The first-order valence-electron chi connectivity index (χ1n) is 9.72. The lowest BCUT2D eigenvalue weighted by atomic mass is 10.2. The molecular formula is C21H25N7O. The smallest absolute Gasteiger partial charge is 0.321 e. The van der Waals surface area contributed by atoms with Crippen molar-refractivity contribution in [2.45, 2.75) is 20.8 Å². The molecule has 0 saturated carbocycles. The topological polar surface area (TPSA) is 79.2 Å². The van der Waals surface area contributed by atoms with Crippen LogP contribution in [-0.2, 0) is 0 Å². The summed E-state index contributed by atoms with van der Waals surface area (Å²) in [6, 6.07) is 9.73. The van der Waals surface area contributed by atoms with Crippen LogP contribution in [0.4, 0.5) is 16.3 Å². The predicted molar refractivity (Wildman–Crippen MR) is 113 cm³/mol. The highest BCUT2D eigenvalue weighted by Gasteiger charge is 2.22. The number of benzene rings is 1. The van der Waals surface area contributed by atoms with Crippen LogP contribution < -0.4 is 10.2 Å². The van der Waals surface area contributed by atoms with Crippen molar-refractivity contribution in [1.29, 1.82) is 0 Å². The van der Waals surface area contributed by atoms with Crippen LogP contribution in [0.3, 0.4) is 0 Å². The van der Waals surface area contributed by atoms with Crippen LogP contribution >= 0.6 is 0 Å². The number of imidazole rings is 1. The van der Waals surface area contributed by atoms with Crippen molar-refractivity contribution in [3.8, 4) is 5.82 Å². The average molecular weight is 391 g/mol. The Morgan fingerprint density at radius 2 is 1.72 bits per heavy atom. The third kappa shape index (κ3) is 4.06. The monoisotopic (exact) mass is 391 g/mol. The van der Waals surface area contributed by atoms with Crippen LogP contribution in [0.2, 0.25) is 0 Å². The van der Waals surface area contributed by atoms with Crippen LogP contribution in [0.1, 0.15) is 17.0 Å². The molecule has 8 nitrogen and oxygen atoms in total. The Hall–Kier alpha value is -3.42. The summed E-state index contributed by atoms with van der Waals surface area (Å²) >= 11 is 0. The minimum atomic E-state index is -0.0665. The molecule has 1 aliphatic rings. The molecule has 29 heavy (non-hydrogen) atoms. The molecule has 4 rings (SSSR count). The molecule has 1 saturated heterocycles. The van der Waals surface area contributed by atoms with E-state index in [-0.39, 0.29) is 6.03 Å². The second-order valence-electron chi connectivity index (χ2n) is 7.29. The van der Waals surface area contributed by atoms with Gasteiger partial charge in [0.15, 0.2) is 0 Å². The molecule has 2 aromatic heterocycles. The molecule has 1 fully saturated rings. The maximum absolute atomic E-state index is 12.6. The van der Waals surface area contributed by atoms with Gasteiger partial charge < -0.3 is 15.1 Å². The quantitative estimate of drug-likeness (QED) is 0.743. The number of nitrogens with one attached hydrogen (secondary N) is 1. The second kappa shape index (κ2) is 7.90. The lowest BCUT2D eigenvalue weighted by molar-refractivity contribution is 0.208. The first-order valence-corrected chi connectivity index (χ1v) is 9.72. The number of rotatable bonds is 3. The lowest BCUT2D eigenvalue weighted by Gasteiger charge is -2.35. The standard InChI is InChI=1S/C21H25N7O/c1-15-5-4-6-18(11-15)25-21(29)27-9-7-26(8-10-27)19-12-20(23-13-22-19)28-14-24-16(2)17(28)3/h4-6,11-14H,7-10H2,1-3H3,(H,25,29). The van der Waals surface area contributed by atoms with Crippen LogP contribution in [0.15, 0.2) is 43.0 Å². The van der Waals surface area contributed by atoms with E-state index >= 15 is 0 Å². The number of aromatic nitrogens is 4. The number of urea groups is 1.